The summed E-state index contributed by atoms with van der Waals surface area (Å²) in [5.74, 6) is 0.0884. The van der Waals surface area contributed by atoms with E-state index in [0.717, 1.165) is 52.2 Å². The molecular formula is C27H33N7O2. The van der Waals surface area contributed by atoms with E-state index in [1.807, 2.05) is 56.0 Å². The van der Waals surface area contributed by atoms with Crippen LogP contribution in [0.25, 0.3) is 22.2 Å². The van der Waals surface area contributed by atoms with Crippen molar-refractivity contribution in [3.63, 3.8) is 0 Å². The topological polar surface area (TPSA) is 102 Å². The van der Waals surface area contributed by atoms with Gasteiger partial charge in [0.15, 0.2) is 0 Å². The Bertz CT molecular complexity index is 1410. The van der Waals surface area contributed by atoms with E-state index in [4.69, 9.17) is 15.5 Å². The van der Waals surface area contributed by atoms with Crippen LogP contribution in [0.2, 0.25) is 0 Å². The van der Waals surface area contributed by atoms with Gasteiger partial charge in [-0.15, -0.1) is 0 Å². The molecule has 9 heteroatoms. The van der Waals surface area contributed by atoms with Gasteiger partial charge in [0.2, 0.25) is 5.95 Å². The van der Waals surface area contributed by atoms with E-state index in [-0.39, 0.29) is 5.97 Å². The van der Waals surface area contributed by atoms with Crippen LogP contribution in [-0.2, 0) is 11.8 Å². The molecular weight excluding hydrogens is 454 g/mol. The van der Waals surface area contributed by atoms with Crippen LogP contribution in [0, 0.1) is 6.92 Å². The van der Waals surface area contributed by atoms with Gasteiger partial charge in [-0.3, -0.25) is 0 Å². The Morgan fingerprint density at radius 3 is 2.64 bits per heavy atom. The summed E-state index contributed by atoms with van der Waals surface area (Å²) in [6.07, 6.45) is 3.72. The molecule has 2 aromatic carbocycles. The number of hydrogen-bond donors (Lipinski definition) is 2. The van der Waals surface area contributed by atoms with Crippen molar-refractivity contribution in [3.8, 4) is 11.3 Å². The van der Waals surface area contributed by atoms with Crippen molar-refractivity contribution in [3.05, 3.63) is 59.9 Å². The van der Waals surface area contributed by atoms with Crippen molar-refractivity contribution in [1.82, 2.24) is 19.4 Å². The molecule has 0 aliphatic carbocycles. The number of esters is 1. The number of hydrogen-bond acceptors (Lipinski definition) is 8. The first-order valence-electron chi connectivity index (χ1n) is 11.7. The number of nitrogen functional groups attached to an aromatic ring is 1. The van der Waals surface area contributed by atoms with E-state index in [2.05, 4.69) is 40.3 Å². The summed E-state index contributed by atoms with van der Waals surface area (Å²) in [6.45, 7) is 3.84. The van der Waals surface area contributed by atoms with E-state index in [1.165, 1.54) is 7.11 Å². The molecule has 0 amide bonds. The number of aryl methyl sites for hydroxylation is 2. The van der Waals surface area contributed by atoms with Crippen LogP contribution >= 0.6 is 0 Å². The van der Waals surface area contributed by atoms with Gasteiger partial charge in [-0.05, 0) is 63.0 Å². The lowest BCUT2D eigenvalue weighted by Gasteiger charge is -2.24. The van der Waals surface area contributed by atoms with Crippen LogP contribution in [-0.4, -0.2) is 66.7 Å². The lowest BCUT2D eigenvalue weighted by molar-refractivity contribution is 0.0601. The normalized spacial score (nSPS) is 11.2. The molecule has 2 heterocycles. The highest BCUT2D eigenvalue weighted by Crippen LogP contribution is 2.33. The quantitative estimate of drug-likeness (QED) is 0.284. The van der Waals surface area contributed by atoms with Gasteiger partial charge in [0.05, 0.1) is 29.7 Å². The van der Waals surface area contributed by atoms with Gasteiger partial charge in [-0.25, -0.2) is 14.8 Å². The predicted molar refractivity (Wildman–Crippen MR) is 146 cm³/mol. The third kappa shape index (κ3) is 5.11. The number of nitrogens with two attached hydrogens (primary N) is 1. The second kappa shape index (κ2) is 10.2. The molecule has 2 aromatic heterocycles. The van der Waals surface area contributed by atoms with Crippen molar-refractivity contribution in [2.75, 3.05) is 57.3 Å². The lowest BCUT2D eigenvalue weighted by atomic mass is 10.1. The Labute approximate surface area is 211 Å². The fourth-order valence-electron chi connectivity index (χ4n) is 4.18. The zero-order valence-corrected chi connectivity index (χ0v) is 21.7. The molecule has 4 aromatic rings. The maximum absolute atomic E-state index is 12.1. The number of ether oxygens (including phenoxy) is 1. The number of carbonyl (C=O) groups is 1. The first kappa shape index (κ1) is 25.0. The van der Waals surface area contributed by atoms with Crippen molar-refractivity contribution < 1.29 is 9.53 Å². The maximum atomic E-state index is 12.1. The molecule has 0 unspecified atom stereocenters. The summed E-state index contributed by atoms with van der Waals surface area (Å²) < 4.78 is 6.91. The first-order chi connectivity index (χ1) is 17.2. The Morgan fingerprint density at radius 2 is 1.92 bits per heavy atom. The Kier molecular flexibility index (Phi) is 7.12. The molecule has 0 saturated heterocycles. The Morgan fingerprint density at radius 1 is 1.14 bits per heavy atom. The first-order valence-corrected chi connectivity index (χ1v) is 11.7. The molecule has 9 nitrogen and oxygen atoms in total. The molecule has 0 fully saturated rings. The monoisotopic (exact) mass is 487 g/mol. The van der Waals surface area contributed by atoms with Crippen molar-refractivity contribution in [2.24, 2.45) is 7.05 Å². The predicted octanol–water partition coefficient (Wildman–Crippen LogP) is 4.05. The highest BCUT2D eigenvalue weighted by Gasteiger charge is 2.15. The number of carbonyl (C=O) groups excluding carboxylic acids is 1. The molecule has 0 atom stereocenters. The molecule has 0 bridgehead atoms. The van der Waals surface area contributed by atoms with Gasteiger partial charge in [-0.1, -0.05) is 0 Å². The summed E-state index contributed by atoms with van der Waals surface area (Å²) in [6, 6.07) is 11.4. The second-order valence-corrected chi connectivity index (χ2v) is 9.22. The van der Waals surface area contributed by atoms with E-state index >= 15 is 0 Å². The summed E-state index contributed by atoms with van der Waals surface area (Å²) in [7, 11) is 9.50. The van der Waals surface area contributed by atoms with Gasteiger partial charge >= 0.3 is 5.97 Å². The number of nitrogens with one attached hydrogen (secondary N) is 1. The fraction of sp³-hybridized carbons (Fsp3) is 0.296. The zero-order valence-electron chi connectivity index (χ0n) is 21.7. The van der Waals surface area contributed by atoms with Crippen LogP contribution in [0.15, 0.2) is 48.8 Å². The molecule has 36 heavy (non-hydrogen) atoms. The van der Waals surface area contributed by atoms with E-state index in [1.54, 1.807) is 12.3 Å². The average Bonchev–Trinajstić information content (AvgIpc) is 3.20. The highest BCUT2D eigenvalue weighted by molar-refractivity contribution is 6.00. The molecule has 3 N–H and O–H groups in total. The summed E-state index contributed by atoms with van der Waals surface area (Å²) in [4.78, 5) is 25.6. The maximum Gasteiger partial charge on any atom is 0.337 e. The van der Waals surface area contributed by atoms with Crippen LogP contribution < -0.4 is 16.0 Å². The number of anilines is 4. The molecule has 4 rings (SSSR count). The van der Waals surface area contributed by atoms with Crippen LogP contribution in [0.1, 0.15) is 15.9 Å². The second-order valence-electron chi connectivity index (χ2n) is 9.22. The molecule has 0 spiro atoms. The Balaban J connectivity index is 1.64. The minimum absolute atomic E-state index is 0.374. The van der Waals surface area contributed by atoms with E-state index in [9.17, 15) is 4.79 Å². The number of likely N-dealkylation sites (N-methyl/N-ethyl adjacent to an activating group) is 2. The zero-order chi connectivity index (χ0) is 26.0. The minimum atomic E-state index is -0.374. The number of rotatable bonds is 8. The molecule has 0 aliphatic rings. The lowest BCUT2D eigenvalue weighted by Crippen LogP contribution is -2.29. The third-order valence-corrected chi connectivity index (χ3v) is 6.26. The fourth-order valence-corrected chi connectivity index (χ4v) is 4.18. The third-order valence-electron chi connectivity index (χ3n) is 6.26. The van der Waals surface area contributed by atoms with Crippen LogP contribution in [0.4, 0.5) is 23.0 Å². The number of benzene rings is 2. The smallest absolute Gasteiger partial charge is 0.337 e. The van der Waals surface area contributed by atoms with Crippen molar-refractivity contribution in [1.29, 1.82) is 0 Å². The van der Waals surface area contributed by atoms with Gasteiger partial charge in [0, 0.05) is 61.7 Å². The van der Waals surface area contributed by atoms with Gasteiger partial charge in [0.1, 0.15) is 0 Å². The highest BCUT2D eigenvalue weighted by atomic mass is 16.5. The summed E-state index contributed by atoms with van der Waals surface area (Å²) in [5.41, 5.74) is 13.1. The largest absolute Gasteiger partial charge is 0.465 e. The number of aromatic nitrogens is 3. The average molecular weight is 488 g/mol. The van der Waals surface area contributed by atoms with Gasteiger partial charge in [-0.2, -0.15) is 0 Å². The standard InChI is InChI=1S/C27H33N7O2/c1-17-13-25(33(4)12-11-32(2)3)21(28)15-23(17)31-27-29-10-9-22(30-27)20-16-34(5)24-8-7-18(14-19(20)24)26(35)36-6/h7-10,13-16H,11-12,28H2,1-6H3,(H,29,30,31). The molecule has 188 valence electrons. The number of methoxy groups -OCH3 is 1. The van der Waals surface area contributed by atoms with Crippen LogP contribution in [0.3, 0.4) is 0 Å². The molecule has 0 radical (unpaired) electrons. The van der Waals surface area contributed by atoms with Crippen LogP contribution in [0.5, 0.6) is 0 Å². The van der Waals surface area contributed by atoms with Crippen molar-refractivity contribution >= 4 is 39.9 Å². The van der Waals surface area contributed by atoms with Gasteiger partial charge < -0.3 is 30.2 Å². The summed E-state index contributed by atoms with van der Waals surface area (Å²) >= 11 is 0. The summed E-state index contributed by atoms with van der Waals surface area (Å²) in [5, 5.41) is 4.24. The Hall–Kier alpha value is -4.11. The number of nitrogens with zero attached hydrogens (tertiary/aromatic N) is 5. The SMILES string of the molecule is COC(=O)c1ccc2c(c1)c(-c1ccnc(Nc3cc(N)c(N(C)CCN(C)C)cc3C)n1)cn2C. The molecule has 0 saturated carbocycles. The minimum Gasteiger partial charge on any atom is -0.465 e. The van der Waals surface area contributed by atoms with E-state index in [0.29, 0.717) is 17.2 Å². The van der Waals surface area contributed by atoms with E-state index < -0.39 is 0 Å². The number of fused-ring (bicyclic) bond motifs is 1. The van der Waals surface area contributed by atoms with Gasteiger partial charge in [0.25, 0.3) is 0 Å². The molecule has 0 aliphatic heterocycles. The van der Waals surface area contributed by atoms with Crippen molar-refractivity contribution in [2.45, 2.75) is 6.92 Å².